The van der Waals surface area contributed by atoms with E-state index in [9.17, 15) is 14.2 Å². The first-order valence-electron chi connectivity index (χ1n) is 13.8. The van der Waals surface area contributed by atoms with Crippen molar-refractivity contribution in [2.24, 2.45) is 0 Å². The van der Waals surface area contributed by atoms with Crippen LogP contribution >= 0.6 is 15.2 Å². The second-order valence-electron chi connectivity index (χ2n) is 11.1. The maximum Gasteiger partial charge on any atom is 0.346 e. The third-order valence-corrected chi connectivity index (χ3v) is 12.5. The summed E-state index contributed by atoms with van der Waals surface area (Å²) >= 11 is 0. The first-order valence-corrected chi connectivity index (χ1v) is 17.0. The SMILES string of the molecule is CCC(C)c1cc(CC(P(=O)(OC(C)C)OC(C)C)P(=O)(OC(C)C)OC(C)C)cc(C(C)CC)c1O. The molecule has 0 saturated carbocycles. The number of hydrogen-bond donors (Lipinski definition) is 1. The Bertz CT molecular complexity index is 845. The van der Waals surface area contributed by atoms with Gasteiger partial charge >= 0.3 is 15.2 Å². The minimum atomic E-state index is -4.02. The van der Waals surface area contributed by atoms with Crippen LogP contribution in [0.3, 0.4) is 0 Å². The molecule has 0 fully saturated rings. The number of hydrogen-bond acceptors (Lipinski definition) is 7. The number of phenolic OH excluding ortho intramolecular Hbond substituents is 1. The lowest BCUT2D eigenvalue weighted by molar-refractivity contribution is 0.122. The molecule has 1 rings (SSSR count). The Morgan fingerprint density at radius 3 is 1.19 bits per heavy atom. The predicted octanol–water partition coefficient (Wildman–Crippen LogP) is 9.37. The number of benzene rings is 1. The quantitative estimate of drug-likeness (QED) is 0.201. The normalized spacial score (nSPS) is 14.9. The van der Waals surface area contributed by atoms with Crippen LogP contribution in [0.4, 0.5) is 0 Å². The van der Waals surface area contributed by atoms with E-state index in [1.54, 1.807) is 55.4 Å². The Balaban J connectivity index is 3.93. The van der Waals surface area contributed by atoms with Gasteiger partial charge in [0, 0.05) is 0 Å². The zero-order valence-electron chi connectivity index (χ0n) is 25.1. The molecule has 0 spiro atoms. The lowest BCUT2D eigenvalue weighted by Crippen LogP contribution is -2.25. The summed E-state index contributed by atoms with van der Waals surface area (Å²) in [6, 6.07) is 3.85. The molecule has 0 aromatic heterocycles. The zero-order chi connectivity index (χ0) is 28.7. The second-order valence-corrected chi connectivity index (χ2v) is 15.8. The van der Waals surface area contributed by atoms with E-state index in [1.165, 1.54) is 0 Å². The van der Waals surface area contributed by atoms with Crippen LogP contribution in [-0.2, 0) is 33.6 Å². The van der Waals surface area contributed by atoms with Crippen molar-refractivity contribution in [3.8, 4) is 5.75 Å². The molecular weight excluding hydrogens is 510 g/mol. The molecule has 0 saturated heterocycles. The smallest absolute Gasteiger partial charge is 0.346 e. The van der Waals surface area contributed by atoms with E-state index in [0.717, 1.165) is 29.5 Å². The Labute approximate surface area is 226 Å². The van der Waals surface area contributed by atoms with Gasteiger partial charge in [-0.2, -0.15) is 0 Å². The maximum absolute atomic E-state index is 14.5. The fraction of sp³-hybridized carbons (Fsp3) is 0.786. The van der Waals surface area contributed by atoms with E-state index in [2.05, 4.69) is 27.7 Å². The third-order valence-electron chi connectivity index (χ3n) is 6.09. The van der Waals surface area contributed by atoms with Gasteiger partial charge in [0.1, 0.15) is 5.75 Å². The topological polar surface area (TPSA) is 91.3 Å². The zero-order valence-corrected chi connectivity index (χ0v) is 26.9. The molecule has 0 bridgehead atoms. The summed E-state index contributed by atoms with van der Waals surface area (Å²) in [5, 5.41) is 9.95. The van der Waals surface area contributed by atoms with Gasteiger partial charge in [-0.1, -0.05) is 39.8 Å². The molecule has 0 aliphatic rings. The van der Waals surface area contributed by atoms with Crippen molar-refractivity contribution in [1.29, 1.82) is 0 Å². The average molecular weight is 563 g/mol. The van der Waals surface area contributed by atoms with Gasteiger partial charge in [0.15, 0.2) is 5.40 Å². The van der Waals surface area contributed by atoms with Crippen LogP contribution in [0.1, 0.15) is 124 Å². The summed E-state index contributed by atoms with van der Waals surface area (Å²) in [6.45, 7) is 22.5. The summed E-state index contributed by atoms with van der Waals surface area (Å²) < 4.78 is 52.9. The van der Waals surface area contributed by atoms with Gasteiger partial charge < -0.3 is 23.2 Å². The highest BCUT2D eigenvalue weighted by molar-refractivity contribution is 7.72. The molecule has 0 aliphatic heterocycles. The van der Waals surface area contributed by atoms with Crippen molar-refractivity contribution in [2.75, 3.05) is 0 Å². The molecule has 1 N–H and O–H groups in total. The van der Waals surface area contributed by atoms with Crippen LogP contribution < -0.4 is 0 Å². The van der Waals surface area contributed by atoms with Gasteiger partial charge in [-0.25, -0.2) is 0 Å². The van der Waals surface area contributed by atoms with Crippen LogP contribution in [0.2, 0.25) is 0 Å². The molecule has 0 amide bonds. The van der Waals surface area contributed by atoms with Crippen molar-refractivity contribution >= 4 is 15.2 Å². The lowest BCUT2D eigenvalue weighted by Gasteiger charge is -2.35. The summed E-state index contributed by atoms with van der Waals surface area (Å²) in [5.74, 6) is 0.513. The maximum atomic E-state index is 14.5. The fourth-order valence-corrected chi connectivity index (χ4v) is 10.1. The predicted molar refractivity (Wildman–Crippen MR) is 153 cm³/mol. The minimum absolute atomic E-state index is 0.0839. The lowest BCUT2D eigenvalue weighted by atomic mass is 9.88. The number of phenols is 1. The van der Waals surface area contributed by atoms with E-state index < -0.39 is 45.0 Å². The average Bonchev–Trinajstić information content (AvgIpc) is 2.74. The Hall–Kier alpha value is -0.680. The largest absolute Gasteiger partial charge is 0.507 e. The summed E-state index contributed by atoms with van der Waals surface area (Å²) in [4.78, 5) is 0. The van der Waals surface area contributed by atoms with E-state index in [0.29, 0.717) is 5.75 Å². The molecule has 2 atom stereocenters. The van der Waals surface area contributed by atoms with Crippen molar-refractivity contribution in [3.63, 3.8) is 0 Å². The highest BCUT2D eigenvalue weighted by Gasteiger charge is 2.53. The van der Waals surface area contributed by atoms with Crippen molar-refractivity contribution in [1.82, 2.24) is 0 Å². The molecule has 7 nitrogen and oxygen atoms in total. The van der Waals surface area contributed by atoms with E-state index in [-0.39, 0.29) is 18.3 Å². The van der Waals surface area contributed by atoms with Crippen LogP contribution in [0, 0.1) is 0 Å². The molecule has 216 valence electrons. The first kappa shape index (κ1) is 34.3. The second kappa shape index (κ2) is 14.6. The van der Waals surface area contributed by atoms with E-state index >= 15 is 0 Å². The van der Waals surface area contributed by atoms with Gasteiger partial charge in [-0.15, -0.1) is 0 Å². The fourth-order valence-electron chi connectivity index (χ4n) is 4.17. The van der Waals surface area contributed by atoms with Gasteiger partial charge in [-0.3, -0.25) is 9.13 Å². The van der Waals surface area contributed by atoms with Gasteiger partial charge in [-0.05, 0) is 103 Å². The van der Waals surface area contributed by atoms with E-state index in [4.69, 9.17) is 18.1 Å². The standard InChI is InChI=1S/C28H52O7P2/c1-13-22(11)25-15-24(16-26(28(25)29)23(12)14-2)17-27(36(30,32-18(3)4)33-19(5)6)37(31,34-20(7)8)35-21(9)10/h15-16,18-23,27,29H,13-14,17H2,1-12H3. The number of aromatic hydroxyl groups is 1. The molecule has 1 aromatic carbocycles. The highest BCUT2D eigenvalue weighted by atomic mass is 31.2. The van der Waals surface area contributed by atoms with Crippen molar-refractivity contribution < 1.29 is 32.3 Å². The van der Waals surface area contributed by atoms with Crippen LogP contribution in [0.25, 0.3) is 0 Å². The molecule has 2 unspecified atom stereocenters. The molecule has 0 aliphatic carbocycles. The van der Waals surface area contributed by atoms with Gasteiger partial charge in [0.25, 0.3) is 0 Å². The molecule has 37 heavy (non-hydrogen) atoms. The monoisotopic (exact) mass is 562 g/mol. The summed E-state index contributed by atoms with van der Waals surface area (Å²) in [5.41, 5.74) is 2.43. The Morgan fingerprint density at radius 2 is 0.946 bits per heavy atom. The van der Waals surface area contributed by atoms with Crippen LogP contribution in [0.5, 0.6) is 5.75 Å². The summed E-state index contributed by atoms with van der Waals surface area (Å²) in [6.07, 6.45) is 0.0128. The van der Waals surface area contributed by atoms with Gasteiger partial charge in [0.05, 0.1) is 24.4 Å². The first-order chi connectivity index (χ1) is 17.0. The van der Waals surface area contributed by atoms with Crippen molar-refractivity contribution in [3.05, 3.63) is 28.8 Å². The van der Waals surface area contributed by atoms with Crippen LogP contribution in [-0.4, -0.2) is 34.9 Å². The van der Waals surface area contributed by atoms with E-state index in [1.807, 2.05) is 12.1 Å². The molecular formula is C28H52O7P2. The molecule has 0 radical (unpaired) electrons. The molecule has 9 heteroatoms. The number of rotatable bonds is 16. The highest BCUT2D eigenvalue weighted by Crippen LogP contribution is 2.72. The van der Waals surface area contributed by atoms with Gasteiger partial charge in [0.2, 0.25) is 0 Å². The third kappa shape index (κ3) is 9.78. The Morgan fingerprint density at radius 1 is 0.649 bits per heavy atom. The van der Waals surface area contributed by atoms with Crippen LogP contribution in [0.15, 0.2) is 12.1 Å². The van der Waals surface area contributed by atoms with Crippen molar-refractivity contribution in [2.45, 2.75) is 144 Å². The minimum Gasteiger partial charge on any atom is -0.507 e. The Kier molecular flexibility index (Phi) is 13.6. The summed E-state index contributed by atoms with van der Waals surface area (Å²) in [7, 11) is -8.04. The molecule has 0 heterocycles. The molecule has 1 aromatic rings.